The Morgan fingerprint density at radius 3 is 2.68 bits per heavy atom. The molecule has 25 heavy (non-hydrogen) atoms. The Labute approximate surface area is 150 Å². The molecule has 9 nitrogen and oxygen atoms in total. The SMILES string of the molecule is CCn1c(SCC(=O)NC2CCCCCC2)nnc1-c1nonc1N. The van der Waals surface area contributed by atoms with Crippen LogP contribution in [0.4, 0.5) is 5.82 Å². The molecule has 3 N–H and O–H groups in total. The molecule has 0 aliphatic heterocycles. The van der Waals surface area contributed by atoms with Crippen LogP contribution in [0.5, 0.6) is 0 Å². The second-order valence-electron chi connectivity index (χ2n) is 6.09. The summed E-state index contributed by atoms with van der Waals surface area (Å²) < 4.78 is 6.47. The van der Waals surface area contributed by atoms with Crippen LogP contribution in [0.2, 0.25) is 0 Å². The van der Waals surface area contributed by atoms with E-state index >= 15 is 0 Å². The number of hydrogen-bond donors (Lipinski definition) is 2. The van der Waals surface area contributed by atoms with E-state index in [-0.39, 0.29) is 11.7 Å². The minimum atomic E-state index is 0.0340. The molecule has 1 fully saturated rings. The molecule has 3 rings (SSSR count). The summed E-state index contributed by atoms with van der Waals surface area (Å²) in [4.78, 5) is 12.2. The predicted octanol–water partition coefficient (Wildman–Crippen LogP) is 1.86. The van der Waals surface area contributed by atoms with Gasteiger partial charge in [0.05, 0.1) is 5.75 Å². The third-order valence-corrected chi connectivity index (χ3v) is 5.28. The summed E-state index contributed by atoms with van der Waals surface area (Å²) in [5.74, 6) is 1.01. The molecular weight excluding hydrogens is 342 g/mol. The maximum atomic E-state index is 12.2. The van der Waals surface area contributed by atoms with Crippen molar-refractivity contribution < 1.29 is 9.42 Å². The summed E-state index contributed by atoms with van der Waals surface area (Å²) in [5.41, 5.74) is 6.09. The lowest BCUT2D eigenvalue weighted by Crippen LogP contribution is -2.35. The fraction of sp³-hybridized carbons (Fsp3) is 0.667. The number of nitrogen functional groups attached to an aromatic ring is 1. The smallest absolute Gasteiger partial charge is 0.230 e. The van der Waals surface area contributed by atoms with Crippen LogP contribution in [0.1, 0.15) is 45.4 Å². The molecule has 2 aromatic heterocycles. The highest BCUT2D eigenvalue weighted by Crippen LogP contribution is 2.25. The fourth-order valence-corrected chi connectivity index (χ4v) is 3.84. The van der Waals surface area contributed by atoms with Gasteiger partial charge >= 0.3 is 0 Å². The zero-order valence-electron chi connectivity index (χ0n) is 14.3. The van der Waals surface area contributed by atoms with E-state index in [1.807, 2.05) is 11.5 Å². The van der Waals surface area contributed by atoms with E-state index in [0.29, 0.717) is 35.0 Å². The van der Waals surface area contributed by atoms with Crippen LogP contribution in [0.25, 0.3) is 11.5 Å². The minimum absolute atomic E-state index is 0.0340. The number of nitrogens with zero attached hydrogens (tertiary/aromatic N) is 5. The van der Waals surface area contributed by atoms with E-state index in [9.17, 15) is 4.79 Å². The summed E-state index contributed by atoms with van der Waals surface area (Å²) in [7, 11) is 0. The van der Waals surface area contributed by atoms with Gasteiger partial charge in [-0.2, -0.15) is 0 Å². The van der Waals surface area contributed by atoms with Crippen molar-refractivity contribution in [3.8, 4) is 11.5 Å². The maximum Gasteiger partial charge on any atom is 0.230 e. The zero-order chi connectivity index (χ0) is 17.6. The average Bonchev–Trinajstić information content (AvgIpc) is 3.11. The summed E-state index contributed by atoms with van der Waals surface area (Å²) >= 11 is 1.36. The van der Waals surface area contributed by atoms with E-state index in [2.05, 4.69) is 30.5 Å². The number of hydrogen-bond acceptors (Lipinski definition) is 8. The number of carbonyl (C=O) groups is 1. The van der Waals surface area contributed by atoms with Crippen molar-refractivity contribution in [1.29, 1.82) is 0 Å². The highest BCUT2D eigenvalue weighted by atomic mass is 32.2. The first-order chi connectivity index (χ1) is 12.2. The number of aromatic nitrogens is 5. The van der Waals surface area contributed by atoms with Gasteiger partial charge in [0, 0.05) is 12.6 Å². The Morgan fingerprint density at radius 2 is 2.04 bits per heavy atom. The van der Waals surface area contributed by atoms with Crippen molar-refractivity contribution >= 4 is 23.5 Å². The first-order valence-electron chi connectivity index (χ1n) is 8.62. The van der Waals surface area contributed by atoms with Gasteiger partial charge in [-0.15, -0.1) is 10.2 Å². The first-order valence-corrected chi connectivity index (χ1v) is 9.61. The van der Waals surface area contributed by atoms with E-state index in [4.69, 9.17) is 5.73 Å². The van der Waals surface area contributed by atoms with Gasteiger partial charge in [-0.25, -0.2) is 4.63 Å². The quantitative estimate of drug-likeness (QED) is 0.587. The topological polar surface area (TPSA) is 125 Å². The molecule has 0 spiro atoms. The summed E-state index contributed by atoms with van der Waals surface area (Å²) in [6.07, 6.45) is 7.07. The van der Waals surface area contributed by atoms with Crippen LogP contribution in [-0.2, 0) is 11.3 Å². The minimum Gasteiger partial charge on any atom is -0.379 e. The molecule has 0 saturated heterocycles. The van der Waals surface area contributed by atoms with Crippen LogP contribution in [0, 0.1) is 0 Å². The van der Waals surface area contributed by atoms with Crippen molar-refractivity contribution in [1.82, 2.24) is 30.4 Å². The van der Waals surface area contributed by atoms with Crippen LogP contribution in [-0.4, -0.2) is 42.8 Å². The number of nitrogens with one attached hydrogen (secondary N) is 1. The van der Waals surface area contributed by atoms with Crippen molar-refractivity contribution in [3.63, 3.8) is 0 Å². The van der Waals surface area contributed by atoms with Crippen LogP contribution in [0.3, 0.4) is 0 Å². The summed E-state index contributed by atoms with van der Waals surface area (Å²) in [6, 6.07) is 0.302. The van der Waals surface area contributed by atoms with E-state index in [1.165, 1.54) is 37.4 Å². The van der Waals surface area contributed by atoms with Crippen LogP contribution < -0.4 is 11.1 Å². The van der Waals surface area contributed by atoms with Gasteiger partial charge in [-0.3, -0.25) is 4.79 Å². The summed E-state index contributed by atoms with van der Waals surface area (Å²) in [5, 5.41) is 19.4. The van der Waals surface area contributed by atoms with Crippen LogP contribution >= 0.6 is 11.8 Å². The van der Waals surface area contributed by atoms with Crippen molar-refractivity contribution in [2.45, 2.75) is 63.2 Å². The molecule has 136 valence electrons. The highest BCUT2D eigenvalue weighted by molar-refractivity contribution is 7.99. The number of anilines is 1. The summed E-state index contributed by atoms with van der Waals surface area (Å²) in [6.45, 7) is 2.59. The lowest BCUT2D eigenvalue weighted by Gasteiger charge is -2.15. The number of amides is 1. The second kappa shape index (κ2) is 8.32. The number of nitrogens with two attached hydrogens (primary N) is 1. The molecule has 0 unspecified atom stereocenters. The van der Waals surface area contributed by atoms with E-state index in [0.717, 1.165) is 12.8 Å². The number of rotatable bonds is 6. The van der Waals surface area contributed by atoms with Gasteiger partial charge < -0.3 is 15.6 Å². The lowest BCUT2D eigenvalue weighted by molar-refractivity contribution is -0.119. The molecule has 0 aromatic carbocycles. The number of carbonyl (C=O) groups excluding carboxylic acids is 1. The standard InChI is InChI=1S/C15H23N7O2S/c1-2-22-14(12-13(16)21-24-20-12)18-19-15(22)25-9-11(23)17-10-7-5-3-4-6-8-10/h10H,2-9H2,1H3,(H2,16,21)(H,17,23). The van der Waals surface area contributed by atoms with E-state index in [1.54, 1.807) is 0 Å². The van der Waals surface area contributed by atoms with Gasteiger partial charge in [0.1, 0.15) is 0 Å². The molecule has 0 atom stereocenters. The Kier molecular flexibility index (Phi) is 5.90. The van der Waals surface area contributed by atoms with Crippen molar-refractivity contribution in [2.75, 3.05) is 11.5 Å². The fourth-order valence-electron chi connectivity index (χ4n) is 3.03. The van der Waals surface area contributed by atoms with E-state index < -0.39 is 0 Å². The Morgan fingerprint density at radius 1 is 1.28 bits per heavy atom. The molecule has 1 aliphatic rings. The second-order valence-corrected chi connectivity index (χ2v) is 7.04. The Bertz CT molecular complexity index is 707. The van der Waals surface area contributed by atoms with Gasteiger partial charge in [0.2, 0.25) is 5.91 Å². The normalized spacial score (nSPS) is 15.9. The van der Waals surface area contributed by atoms with Gasteiger partial charge in [0.25, 0.3) is 0 Å². The molecule has 1 amide bonds. The molecule has 0 radical (unpaired) electrons. The number of thioether (sulfide) groups is 1. The first kappa shape index (κ1) is 17.7. The van der Waals surface area contributed by atoms with Gasteiger partial charge in [-0.1, -0.05) is 37.4 Å². The van der Waals surface area contributed by atoms with Crippen LogP contribution in [0.15, 0.2) is 9.79 Å². The van der Waals surface area contributed by atoms with Crippen molar-refractivity contribution in [3.05, 3.63) is 0 Å². The molecule has 10 heteroatoms. The monoisotopic (exact) mass is 365 g/mol. The third kappa shape index (κ3) is 4.30. The molecule has 2 aromatic rings. The molecule has 1 aliphatic carbocycles. The molecular formula is C15H23N7O2S. The van der Waals surface area contributed by atoms with Crippen molar-refractivity contribution in [2.24, 2.45) is 0 Å². The van der Waals surface area contributed by atoms with Gasteiger partial charge in [-0.05, 0) is 30.1 Å². The Balaban J connectivity index is 1.60. The Hall–Kier alpha value is -2.10. The molecule has 2 heterocycles. The molecule has 0 bridgehead atoms. The lowest BCUT2D eigenvalue weighted by atomic mass is 10.1. The highest BCUT2D eigenvalue weighted by Gasteiger charge is 2.21. The maximum absolute atomic E-state index is 12.2. The van der Waals surface area contributed by atoms with Gasteiger partial charge in [0.15, 0.2) is 22.5 Å². The predicted molar refractivity (Wildman–Crippen MR) is 93.8 cm³/mol. The zero-order valence-corrected chi connectivity index (χ0v) is 15.1. The third-order valence-electron chi connectivity index (χ3n) is 4.31. The molecule has 1 saturated carbocycles. The largest absolute Gasteiger partial charge is 0.379 e. The average molecular weight is 365 g/mol.